The molecule has 3 aromatic rings. The maximum absolute atomic E-state index is 12.3. The summed E-state index contributed by atoms with van der Waals surface area (Å²) in [7, 11) is 3.26. The molecule has 0 aliphatic heterocycles. The first-order valence-electron chi connectivity index (χ1n) is 7.82. The summed E-state index contributed by atoms with van der Waals surface area (Å²) in [6, 6.07) is 13.5. The van der Waals surface area contributed by atoms with Crippen LogP contribution in [0.25, 0.3) is 10.9 Å². The Hall–Kier alpha value is -2.47. The topological polar surface area (TPSA) is 52.5 Å². The van der Waals surface area contributed by atoms with Gasteiger partial charge in [-0.1, -0.05) is 15.9 Å². The summed E-state index contributed by atoms with van der Waals surface area (Å²) in [5.74, 6) is 1.49. The van der Waals surface area contributed by atoms with Crippen LogP contribution in [0.15, 0.2) is 53.1 Å². The third kappa shape index (κ3) is 3.96. The van der Waals surface area contributed by atoms with Crippen LogP contribution in [0.5, 0.6) is 11.5 Å². The molecule has 0 aliphatic carbocycles. The van der Waals surface area contributed by atoms with E-state index in [0.717, 1.165) is 32.4 Å². The smallest absolute Gasteiger partial charge is 0.240 e. The molecule has 0 radical (unpaired) electrons. The van der Waals surface area contributed by atoms with Crippen molar-refractivity contribution < 1.29 is 14.3 Å². The largest absolute Gasteiger partial charge is 0.497 e. The zero-order chi connectivity index (χ0) is 17.8. The van der Waals surface area contributed by atoms with Crippen LogP contribution in [-0.2, 0) is 17.9 Å². The number of fused-ring (bicyclic) bond motifs is 1. The Labute approximate surface area is 154 Å². The number of halogens is 1. The monoisotopic (exact) mass is 402 g/mol. The van der Waals surface area contributed by atoms with E-state index in [2.05, 4.69) is 21.2 Å². The van der Waals surface area contributed by atoms with E-state index in [1.807, 2.05) is 53.2 Å². The first-order chi connectivity index (χ1) is 12.1. The van der Waals surface area contributed by atoms with Gasteiger partial charge in [-0.25, -0.2) is 0 Å². The van der Waals surface area contributed by atoms with Crippen LogP contribution in [0.3, 0.4) is 0 Å². The van der Waals surface area contributed by atoms with E-state index in [4.69, 9.17) is 9.47 Å². The van der Waals surface area contributed by atoms with E-state index in [1.165, 1.54) is 0 Å². The number of ether oxygens (including phenoxy) is 2. The summed E-state index contributed by atoms with van der Waals surface area (Å²) in [6.45, 7) is 0.667. The van der Waals surface area contributed by atoms with Gasteiger partial charge >= 0.3 is 0 Å². The van der Waals surface area contributed by atoms with Crippen molar-refractivity contribution in [3.8, 4) is 11.5 Å². The number of methoxy groups -OCH3 is 2. The maximum Gasteiger partial charge on any atom is 0.240 e. The highest BCUT2D eigenvalue weighted by atomic mass is 79.9. The molecule has 0 aliphatic rings. The van der Waals surface area contributed by atoms with Crippen LogP contribution in [0.2, 0.25) is 0 Å². The minimum absolute atomic E-state index is 0.0599. The molecular formula is C19H19BrN2O3. The molecule has 1 N–H and O–H groups in total. The molecule has 0 bridgehead atoms. The number of amides is 1. The van der Waals surface area contributed by atoms with Crippen LogP contribution in [0.4, 0.5) is 0 Å². The van der Waals surface area contributed by atoms with Gasteiger partial charge in [0.2, 0.25) is 5.91 Å². The molecule has 3 rings (SSSR count). The number of carbonyl (C=O) groups is 1. The van der Waals surface area contributed by atoms with Gasteiger partial charge in [0, 0.05) is 33.7 Å². The van der Waals surface area contributed by atoms with Crippen LogP contribution in [0, 0.1) is 0 Å². The van der Waals surface area contributed by atoms with E-state index in [9.17, 15) is 4.79 Å². The van der Waals surface area contributed by atoms with E-state index in [0.29, 0.717) is 6.54 Å². The van der Waals surface area contributed by atoms with Crippen molar-refractivity contribution >= 4 is 32.7 Å². The lowest BCUT2D eigenvalue weighted by atomic mass is 10.2. The summed E-state index contributed by atoms with van der Waals surface area (Å²) < 4.78 is 13.4. The average Bonchev–Trinajstić information content (AvgIpc) is 3.02. The molecule has 1 aromatic heterocycles. The molecule has 0 saturated heterocycles. The number of nitrogens with zero attached hydrogens (tertiary/aromatic N) is 1. The Morgan fingerprint density at radius 1 is 1.12 bits per heavy atom. The minimum Gasteiger partial charge on any atom is -0.497 e. The number of nitrogens with one attached hydrogen (secondary N) is 1. The number of carbonyl (C=O) groups excluding carboxylic acids is 1. The highest BCUT2D eigenvalue weighted by Crippen LogP contribution is 2.23. The molecule has 5 nitrogen and oxygen atoms in total. The lowest BCUT2D eigenvalue weighted by molar-refractivity contribution is -0.121. The van der Waals surface area contributed by atoms with Gasteiger partial charge in [-0.3, -0.25) is 4.79 Å². The Kier molecular flexibility index (Phi) is 5.28. The van der Waals surface area contributed by atoms with Crippen molar-refractivity contribution in [2.45, 2.75) is 13.1 Å². The highest BCUT2D eigenvalue weighted by molar-refractivity contribution is 9.10. The van der Waals surface area contributed by atoms with Gasteiger partial charge in [-0.2, -0.15) is 0 Å². The number of hydrogen-bond acceptors (Lipinski definition) is 3. The second kappa shape index (κ2) is 7.61. The maximum atomic E-state index is 12.3. The molecule has 1 heterocycles. The molecule has 0 fully saturated rings. The first-order valence-corrected chi connectivity index (χ1v) is 8.62. The summed E-state index contributed by atoms with van der Waals surface area (Å²) in [6.07, 6.45) is 1.91. The number of rotatable bonds is 6. The Bertz CT molecular complexity index is 905. The van der Waals surface area contributed by atoms with Crippen LogP contribution < -0.4 is 14.8 Å². The summed E-state index contributed by atoms with van der Waals surface area (Å²) in [5, 5.41) is 3.98. The quantitative estimate of drug-likeness (QED) is 0.683. The average molecular weight is 403 g/mol. The molecule has 6 heteroatoms. The van der Waals surface area contributed by atoms with E-state index in [1.54, 1.807) is 14.2 Å². The van der Waals surface area contributed by atoms with Gasteiger partial charge in [-0.05, 0) is 42.5 Å². The SMILES string of the molecule is COc1ccc2c(ccn2CC(=O)NCc2cc(Br)ccc2OC)c1. The van der Waals surface area contributed by atoms with Crippen molar-refractivity contribution in [2.24, 2.45) is 0 Å². The Balaban J connectivity index is 1.68. The standard InChI is InChI=1S/C19H19BrN2O3/c1-24-16-4-5-17-13(10-16)7-8-22(17)12-19(23)21-11-14-9-15(20)3-6-18(14)25-2/h3-10H,11-12H2,1-2H3,(H,21,23). The summed E-state index contributed by atoms with van der Waals surface area (Å²) >= 11 is 3.44. The Morgan fingerprint density at radius 2 is 1.96 bits per heavy atom. The van der Waals surface area contributed by atoms with Gasteiger partial charge in [0.25, 0.3) is 0 Å². The fraction of sp³-hybridized carbons (Fsp3) is 0.211. The van der Waals surface area contributed by atoms with Crippen molar-refractivity contribution in [3.05, 3.63) is 58.7 Å². The third-order valence-corrected chi connectivity index (χ3v) is 4.50. The van der Waals surface area contributed by atoms with Gasteiger partial charge < -0.3 is 19.4 Å². The second-order valence-corrected chi connectivity index (χ2v) is 6.52. The van der Waals surface area contributed by atoms with Crippen LogP contribution >= 0.6 is 15.9 Å². The Morgan fingerprint density at radius 3 is 2.72 bits per heavy atom. The molecule has 0 spiro atoms. The highest BCUT2D eigenvalue weighted by Gasteiger charge is 2.09. The molecule has 2 aromatic carbocycles. The van der Waals surface area contributed by atoms with Crippen molar-refractivity contribution in [1.82, 2.24) is 9.88 Å². The minimum atomic E-state index is -0.0599. The molecule has 25 heavy (non-hydrogen) atoms. The van der Waals surface area contributed by atoms with Crippen molar-refractivity contribution in [3.63, 3.8) is 0 Å². The van der Waals surface area contributed by atoms with E-state index < -0.39 is 0 Å². The fourth-order valence-electron chi connectivity index (χ4n) is 2.73. The third-order valence-electron chi connectivity index (χ3n) is 4.01. The second-order valence-electron chi connectivity index (χ2n) is 5.60. The van der Waals surface area contributed by atoms with Gasteiger partial charge in [0.15, 0.2) is 0 Å². The van der Waals surface area contributed by atoms with E-state index >= 15 is 0 Å². The van der Waals surface area contributed by atoms with Gasteiger partial charge in [0.1, 0.15) is 18.0 Å². The lowest BCUT2D eigenvalue weighted by Crippen LogP contribution is -2.27. The predicted molar refractivity (Wildman–Crippen MR) is 101 cm³/mol. The first kappa shape index (κ1) is 17.4. The molecule has 130 valence electrons. The number of benzene rings is 2. The lowest BCUT2D eigenvalue weighted by Gasteiger charge is -2.11. The van der Waals surface area contributed by atoms with Gasteiger partial charge in [0.05, 0.1) is 14.2 Å². The van der Waals surface area contributed by atoms with Crippen LogP contribution in [0.1, 0.15) is 5.56 Å². The summed E-state index contributed by atoms with van der Waals surface area (Å²) in [5.41, 5.74) is 1.92. The zero-order valence-electron chi connectivity index (χ0n) is 14.1. The predicted octanol–water partition coefficient (Wildman–Crippen LogP) is 3.74. The van der Waals surface area contributed by atoms with Crippen LogP contribution in [-0.4, -0.2) is 24.7 Å². The fourth-order valence-corrected chi connectivity index (χ4v) is 3.14. The number of hydrogen-bond donors (Lipinski definition) is 1. The molecule has 0 saturated carbocycles. The molecule has 0 unspecified atom stereocenters. The molecular weight excluding hydrogens is 384 g/mol. The van der Waals surface area contributed by atoms with Crippen molar-refractivity contribution in [2.75, 3.05) is 14.2 Å². The molecule has 0 atom stereocenters. The van der Waals surface area contributed by atoms with Gasteiger partial charge in [-0.15, -0.1) is 0 Å². The van der Waals surface area contributed by atoms with Crippen molar-refractivity contribution in [1.29, 1.82) is 0 Å². The molecule has 1 amide bonds. The summed E-state index contributed by atoms with van der Waals surface area (Å²) in [4.78, 5) is 12.3. The number of aromatic nitrogens is 1. The zero-order valence-corrected chi connectivity index (χ0v) is 15.7. The van der Waals surface area contributed by atoms with E-state index in [-0.39, 0.29) is 12.5 Å². The normalized spacial score (nSPS) is 10.7.